The van der Waals surface area contributed by atoms with Crippen LogP contribution in [0.3, 0.4) is 0 Å². The summed E-state index contributed by atoms with van der Waals surface area (Å²) in [5, 5.41) is 1.11. The van der Waals surface area contributed by atoms with Gasteiger partial charge in [0.15, 0.2) is 11.5 Å². The van der Waals surface area contributed by atoms with Crippen molar-refractivity contribution in [2.24, 2.45) is 5.92 Å². The van der Waals surface area contributed by atoms with E-state index in [0.717, 1.165) is 5.01 Å². The van der Waals surface area contributed by atoms with Crippen LogP contribution in [0.1, 0.15) is 16.8 Å². The van der Waals surface area contributed by atoms with E-state index in [0.29, 0.717) is 17.1 Å². The van der Waals surface area contributed by atoms with Gasteiger partial charge in [0, 0.05) is 12.0 Å². The maximum atomic E-state index is 12.5. The molecule has 0 radical (unpaired) electrons. The quantitative estimate of drug-likeness (QED) is 0.805. The molecule has 8 heteroatoms. The molecule has 0 saturated carbocycles. The number of esters is 1. The van der Waals surface area contributed by atoms with Crippen molar-refractivity contribution in [2.45, 2.75) is 6.42 Å². The molecule has 8 nitrogen and oxygen atoms in total. The van der Waals surface area contributed by atoms with E-state index < -0.39 is 23.7 Å². The van der Waals surface area contributed by atoms with Crippen LogP contribution in [-0.2, 0) is 14.3 Å². The van der Waals surface area contributed by atoms with Crippen LogP contribution in [0, 0.1) is 5.92 Å². The molecule has 23 heavy (non-hydrogen) atoms. The van der Waals surface area contributed by atoms with Gasteiger partial charge in [-0.1, -0.05) is 0 Å². The van der Waals surface area contributed by atoms with Crippen LogP contribution in [0.5, 0.6) is 11.5 Å². The molecular formula is C15H18N2O6. The summed E-state index contributed by atoms with van der Waals surface area (Å²) in [6.45, 7) is 0.0472. The van der Waals surface area contributed by atoms with Crippen LogP contribution in [0.25, 0.3) is 0 Å². The summed E-state index contributed by atoms with van der Waals surface area (Å²) < 4.78 is 14.9. The van der Waals surface area contributed by atoms with E-state index in [1.54, 1.807) is 12.1 Å². The lowest BCUT2D eigenvalue weighted by atomic mass is 10.0. The van der Waals surface area contributed by atoms with Gasteiger partial charge in [0.2, 0.25) is 5.91 Å². The highest BCUT2D eigenvalue weighted by molar-refractivity contribution is 5.97. The molecule has 1 aliphatic rings. The maximum absolute atomic E-state index is 12.5. The largest absolute Gasteiger partial charge is 0.493 e. The van der Waals surface area contributed by atoms with Crippen molar-refractivity contribution in [3.8, 4) is 11.5 Å². The Morgan fingerprint density at radius 3 is 2.48 bits per heavy atom. The molecule has 124 valence electrons. The Morgan fingerprint density at radius 2 is 1.87 bits per heavy atom. The molecule has 0 aromatic heterocycles. The smallest absolute Gasteiger partial charge is 0.311 e. The van der Waals surface area contributed by atoms with Crippen LogP contribution in [0.15, 0.2) is 18.2 Å². The SMILES string of the molecule is COC(=O)C1CC(=O)NN(C(=O)c2ccc(OC)c(OC)c2)C1. The standard InChI is InChI=1S/C15H18N2O6/c1-21-11-5-4-9(6-12(11)22-2)14(19)17-8-10(15(20)23-3)7-13(18)16-17/h4-6,10H,7-8H2,1-3H3,(H,16,18). The Bertz CT molecular complexity index is 630. The summed E-state index contributed by atoms with van der Waals surface area (Å²) in [6, 6.07) is 4.66. The first-order chi connectivity index (χ1) is 11.0. The monoisotopic (exact) mass is 322 g/mol. The van der Waals surface area contributed by atoms with E-state index in [9.17, 15) is 14.4 Å². The molecule has 1 aliphatic heterocycles. The second-order valence-electron chi connectivity index (χ2n) is 4.94. The molecule has 0 spiro atoms. The number of carbonyl (C=O) groups is 3. The lowest BCUT2D eigenvalue weighted by molar-refractivity contribution is -0.151. The molecule has 2 amide bonds. The zero-order valence-electron chi connectivity index (χ0n) is 13.1. The van der Waals surface area contributed by atoms with Crippen molar-refractivity contribution < 1.29 is 28.6 Å². The van der Waals surface area contributed by atoms with Gasteiger partial charge in [-0.15, -0.1) is 0 Å². The lowest BCUT2D eigenvalue weighted by Crippen LogP contribution is -2.54. The van der Waals surface area contributed by atoms with E-state index in [4.69, 9.17) is 9.47 Å². The minimum Gasteiger partial charge on any atom is -0.493 e. The van der Waals surface area contributed by atoms with Gasteiger partial charge >= 0.3 is 5.97 Å². The molecule has 1 saturated heterocycles. The van der Waals surface area contributed by atoms with Crippen molar-refractivity contribution in [2.75, 3.05) is 27.9 Å². The summed E-state index contributed by atoms with van der Waals surface area (Å²) in [5.41, 5.74) is 2.75. The number of methoxy groups -OCH3 is 3. The van der Waals surface area contributed by atoms with Gasteiger partial charge in [-0.25, -0.2) is 5.01 Å². The molecule has 1 aromatic rings. The minimum absolute atomic E-state index is 0.0115. The third-order valence-corrected chi connectivity index (χ3v) is 3.50. The Labute approximate surface area is 133 Å². The van der Waals surface area contributed by atoms with Crippen LogP contribution >= 0.6 is 0 Å². The summed E-state index contributed by atoms with van der Waals surface area (Å²) in [4.78, 5) is 35.9. The van der Waals surface area contributed by atoms with Crippen LogP contribution in [0.4, 0.5) is 0 Å². The molecule has 1 atom stereocenters. The normalized spacial score (nSPS) is 17.3. The van der Waals surface area contributed by atoms with Crippen molar-refractivity contribution in [1.82, 2.24) is 10.4 Å². The van der Waals surface area contributed by atoms with Crippen molar-refractivity contribution in [3.63, 3.8) is 0 Å². The molecule has 1 unspecified atom stereocenters. The Hall–Kier alpha value is -2.77. The zero-order chi connectivity index (χ0) is 17.0. The second kappa shape index (κ2) is 6.99. The van der Waals surface area contributed by atoms with Gasteiger partial charge < -0.3 is 14.2 Å². The Kier molecular flexibility index (Phi) is 5.05. The predicted octanol–water partition coefficient (Wildman–Crippen LogP) is 0.370. The third kappa shape index (κ3) is 3.53. The molecule has 1 fully saturated rings. The fourth-order valence-electron chi connectivity index (χ4n) is 2.33. The van der Waals surface area contributed by atoms with Gasteiger partial charge in [-0.05, 0) is 18.2 Å². The zero-order valence-corrected chi connectivity index (χ0v) is 13.1. The van der Waals surface area contributed by atoms with E-state index in [2.05, 4.69) is 10.2 Å². The van der Waals surface area contributed by atoms with Crippen LogP contribution < -0.4 is 14.9 Å². The van der Waals surface area contributed by atoms with E-state index in [1.807, 2.05) is 0 Å². The van der Waals surface area contributed by atoms with E-state index in [1.165, 1.54) is 27.4 Å². The highest BCUT2D eigenvalue weighted by Crippen LogP contribution is 2.28. The second-order valence-corrected chi connectivity index (χ2v) is 4.94. The number of nitrogens with one attached hydrogen (secondary N) is 1. The molecule has 1 aromatic carbocycles. The fraction of sp³-hybridized carbons (Fsp3) is 0.400. The number of benzene rings is 1. The minimum atomic E-state index is -0.683. The van der Waals surface area contributed by atoms with Crippen molar-refractivity contribution in [1.29, 1.82) is 0 Å². The summed E-state index contributed by atoms with van der Waals surface area (Å²) in [5.74, 6) is -1.19. The van der Waals surface area contributed by atoms with E-state index in [-0.39, 0.29) is 13.0 Å². The van der Waals surface area contributed by atoms with Crippen molar-refractivity contribution in [3.05, 3.63) is 23.8 Å². The number of hydrogen-bond acceptors (Lipinski definition) is 6. The average Bonchev–Trinajstić information content (AvgIpc) is 2.59. The lowest BCUT2D eigenvalue weighted by Gasteiger charge is -2.31. The highest BCUT2D eigenvalue weighted by Gasteiger charge is 2.33. The predicted molar refractivity (Wildman–Crippen MR) is 78.8 cm³/mol. The Balaban J connectivity index is 2.22. The molecule has 1 N–H and O–H groups in total. The number of rotatable bonds is 4. The topological polar surface area (TPSA) is 94.2 Å². The van der Waals surface area contributed by atoms with Crippen LogP contribution in [0.2, 0.25) is 0 Å². The van der Waals surface area contributed by atoms with Gasteiger partial charge in [0.25, 0.3) is 5.91 Å². The highest BCUT2D eigenvalue weighted by atomic mass is 16.5. The average molecular weight is 322 g/mol. The molecule has 0 aliphatic carbocycles. The fourth-order valence-corrected chi connectivity index (χ4v) is 2.33. The summed E-state index contributed by atoms with van der Waals surface area (Å²) >= 11 is 0. The van der Waals surface area contributed by atoms with Gasteiger partial charge in [-0.3, -0.25) is 19.8 Å². The van der Waals surface area contributed by atoms with E-state index >= 15 is 0 Å². The van der Waals surface area contributed by atoms with Crippen molar-refractivity contribution >= 4 is 17.8 Å². The maximum Gasteiger partial charge on any atom is 0.311 e. The van der Waals surface area contributed by atoms with Crippen LogP contribution in [-0.4, -0.2) is 50.7 Å². The number of carbonyl (C=O) groups excluding carboxylic acids is 3. The Morgan fingerprint density at radius 1 is 1.17 bits per heavy atom. The van der Waals surface area contributed by atoms with Gasteiger partial charge in [0.1, 0.15) is 0 Å². The molecule has 1 heterocycles. The first-order valence-electron chi connectivity index (χ1n) is 6.91. The van der Waals surface area contributed by atoms with Gasteiger partial charge in [-0.2, -0.15) is 0 Å². The first-order valence-corrected chi connectivity index (χ1v) is 6.91. The number of hydrazine groups is 1. The number of amides is 2. The summed E-state index contributed by atoms with van der Waals surface area (Å²) in [6.07, 6.45) is -0.0115. The number of hydrogen-bond donors (Lipinski definition) is 1. The number of ether oxygens (including phenoxy) is 3. The molecular weight excluding hydrogens is 304 g/mol. The van der Waals surface area contributed by atoms with Gasteiger partial charge in [0.05, 0.1) is 33.8 Å². The number of nitrogens with zero attached hydrogens (tertiary/aromatic N) is 1. The summed E-state index contributed by atoms with van der Waals surface area (Å²) in [7, 11) is 4.20. The molecule has 2 rings (SSSR count). The molecule has 0 bridgehead atoms. The third-order valence-electron chi connectivity index (χ3n) is 3.50. The first kappa shape index (κ1) is 16.6.